The number of hydrogen-bond donors (Lipinski definition) is 0. The molecule has 0 N–H and O–H groups in total. The Balaban J connectivity index is 3.13. The Morgan fingerprint density at radius 2 is 2.06 bits per heavy atom. The molecule has 0 radical (unpaired) electrons. The molecule has 0 aliphatic carbocycles. The fourth-order valence-corrected chi connectivity index (χ4v) is 1.51. The van der Waals surface area contributed by atoms with Gasteiger partial charge in [-0.1, -0.05) is 15.9 Å². The Bertz CT molecular complexity index is 406. The lowest BCUT2D eigenvalue weighted by Crippen LogP contribution is -2.19. The molecular weight excluding hydrogens is 312 g/mol. The molecule has 2 nitrogen and oxygen atoms in total. The maximum Gasteiger partial charge on any atom is 0.573 e. The van der Waals surface area contributed by atoms with Crippen LogP contribution < -0.4 is 4.74 Å². The summed E-state index contributed by atoms with van der Waals surface area (Å²) in [4.78, 5) is 11.3. The van der Waals surface area contributed by atoms with Crippen LogP contribution in [0.2, 0.25) is 0 Å². The second kappa shape index (κ2) is 5.05. The minimum absolute atomic E-state index is 0.207. The van der Waals surface area contributed by atoms with Crippen molar-refractivity contribution in [1.29, 1.82) is 0 Å². The van der Waals surface area contributed by atoms with E-state index in [0.29, 0.717) is 4.47 Å². The zero-order valence-corrected chi connectivity index (χ0v) is 9.99. The van der Waals surface area contributed by atoms with Crippen molar-refractivity contribution in [2.75, 3.05) is 5.88 Å². The van der Waals surface area contributed by atoms with Gasteiger partial charge in [-0.2, -0.15) is 0 Å². The molecule has 0 aliphatic heterocycles. The number of rotatable bonds is 3. The van der Waals surface area contributed by atoms with E-state index >= 15 is 0 Å². The van der Waals surface area contributed by atoms with Gasteiger partial charge in [-0.05, 0) is 18.2 Å². The monoisotopic (exact) mass is 316 g/mol. The highest BCUT2D eigenvalue weighted by atomic mass is 79.9. The Hall–Kier alpha value is -0.750. The van der Waals surface area contributed by atoms with Crippen molar-refractivity contribution < 1.29 is 22.7 Å². The van der Waals surface area contributed by atoms with Crippen LogP contribution in [0.3, 0.4) is 0 Å². The number of Topliss-reactive ketones (excluding diaryl/α,β-unsaturated/α-hetero) is 1. The van der Waals surface area contributed by atoms with Gasteiger partial charge in [-0.3, -0.25) is 4.79 Å². The molecule has 0 unspecified atom stereocenters. The van der Waals surface area contributed by atoms with E-state index in [1.54, 1.807) is 0 Å². The van der Waals surface area contributed by atoms with Crippen LogP contribution in [0.1, 0.15) is 10.4 Å². The van der Waals surface area contributed by atoms with Gasteiger partial charge in [0.2, 0.25) is 0 Å². The Kier molecular flexibility index (Phi) is 4.21. The van der Waals surface area contributed by atoms with Crippen molar-refractivity contribution in [3.05, 3.63) is 28.2 Å². The normalized spacial score (nSPS) is 11.3. The van der Waals surface area contributed by atoms with Crippen molar-refractivity contribution in [2.24, 2.45) is 0 Å². The Morgan fingerprint density at radius 1 is 1.44 bits per heavy atom. The predicted molar refractivity (Wildman–Crippen MR) is 55.9 cm³/mol. The first-order valence-corrected chi connectivity index (χ1v) is 5.30. The van der Waals surface area contributed by atoms with Gasteiger partial charge in [0.15, 0.2) is 5.78 Å². The van der Waals surface area contributed by atoms with Crippen LogP contribution in [0.4, 0.5) is 13.2 Å². The molecule has 0 saturated carbocycles. The molecule has 0 saturated heterocycles. The number of carbonyl (C=O) groups is 1. The summed E-state index contributed by atoms with van der Waals surface area (Å²) in [6.45, 7) is 0. The second-order valence-corrected chi connectivity index (χ2v) is 3.93. The minimum atomic E-state index is -4.84. The van der Waals surface area contributed by atoms with E-state index in [1.165, 1.54) is 12.1 Å². The third-order valence-electron chi connectivity index (χ3n) is 1.59. The third-order valence-corrected chi connectivity index (χ3v) is 2.33. The highest BCUT2D eigenvalue weighted by Gasteiger charge is 2.32. The summed E-state index contributed by atoms with van der Waals surface area (Å²) in [7, 11) is 0. The molecule has 16 heavy (non-hydrogen) atoms. The summed E-state index contributed by atoms with van der Waals surface area (Å²) < 4.78 is 40.2. The smallest absolute Gasteiger partial charge is 0.405 e. The molecule has 7 heteroatoms. The first-order chi connectivity index (χ1) is 7.33. The van der Waals surface area contributed by atoms with Gasteiger partial charge in [-0.25, -0.2) is 0 Å². The quantitative estimate of drug-likeness (QED) is 0.626. The van der Waals surface area contributed by atoms with E-state index in [0.717, 1.165) is 6.07 Å². The largest absolute Gasteiger partial charge is 0.573 e. The number of ether oxygens (including phenoxy) is 1. The molecule has 1 rings (SSSR count). The summed E-state index contributed by atoms with van der Waals surface area (Å²) in [5, 5.41) is 0. The molecule has 0 amide bonds. The maximum absolute atomic E-state index is 12.0. The lowest BCUT2D eigenvalue weighted by atomic mass is 10.1. The summed E-state index contributed by atoms with van der Waals surface area (Å²) in [5.74, 6) is -1.60. The van der Waals surface area contributed by atoms with E-state index in [-0.39, 0.29) is 5.56 Å². The number of hydrogen-bond acceptors (Lipinski definition) is 2. The molecule has 0 aromatic heterocycles. The minimum Gasteiger partial charge on any atom is -0.405 e. The Labute approximate surface area is 102 Å². The lowest BCUT2D eigenvalue weighted by molar-refractivity contribution is -0.274. The fourth-order valence-electron chi connectivity index (χ4n) is 1.01. The number of ketones is 1. The highest BCUT2D eigenvalue weighted by Crippen LogP contribution is 2.29. The summed E-state index contributed by atoms with van der Waals surface area (Å²) in [6.07, 6.45) is -4.84. The van der Waals surface area contributed by atoms with Crippen molar-refractivity contribution in [1.82, 2.24) is 0 Å². The first kappa shape index (κ1) is 13.3. The summed E-state index contributed by atoms with van der Waals surface area (Å²) in [6, 6.07) is 3.62. The van der Waals surface area contributed by atoms with Crippen molar-refractivity contribution >= 4 is 33.3 Å². The van der Waals surface area contributed by atoms with Crippen molar-refractivity contribution in [2.45, 2.75) is 6.36 Å². The molecule has 0 aliphatic rings. The molecule has 1 aromatic rings. The van der Waals surface area contributed by atoms with Gasteiger partial charge >= 0.3 is 6.36 Å². The van der Waals surface area contributed by atoms with Gasteiger partial charge in [-0.15, -0.1) is 24.8 Å². The second-order valence-electron chi connectivity index (χ2n) is 2.75. The topological polar surface area (TPSA) is 26.3 Å². The SMILES string of the molecule is O=C(CCl)c1cc(Br)ccc1OC(F)(F)F. The summed E-state index contributed by atoms with van der Waals surface area (Å²) in [5.41, 5.74) is -0.207. The maximum atomic E-state index is 12.0. The molecule has 0 fully saturated rings. The van der Waals surface area contributed by atoms with Crippen LogP contribution in [0.25, 0.3) is 0 Å². The van der Waals surface area contributed by atoms with Crippen molar-refractivity contribution in [3.63, 3.8) is 0 Å². The first-order valence-electron chi connectivity index (χ1n) is 3.98. The lowest BCUT2D eigenvalue weighted by Gasteiger charge is -2.12. The molecule has 0 heterocycles. The average molecular weight is 317 g/mol. The van der Waals surface area contributed by atoms with Gasteiger partial charge in [0.1, 0.15) is 5.75 Å². The number of benzene rings is 1. The number of halogens is 5. The average Bonchev–Trinajstić information content (AvgIpc) is 2.17. The van der Waals surface area contributed by atoms with Crippen LogP contribution in [-0.2, 0) is 0 Å². The fraction of sp³-hybridized carbons (Fsp3) is 0.222. The summed E-state index contributed by atoms with van der Waals surface area (Å²) >= 11 is 8.32. The van der Waals surface area contributed by atoms with E-state index in [1.807, 2.05) is 0 Å². The van der Waals surface area contributed by atoms with E-state index < -0.39 is 23.8 Å². The van der Waals surface area contributed by atoms with Gasteiger partial charge in [0, 0.05) is 4.47 Å². The zero-order chi connectivity index (χ0) is 12.3. The van der Waals surface area contributed by atoms with Crippen LogP contribution >= 0.6 is 27.5 Å². The number of carbonyl (C=O) groups excluding carboxylic acids is 1. The third kappa shape index (κ3) is 3.68. The van der Waals surface area contributed by atoms with Gasteiger partial charge < -0.3 is 4.74 Å². The molecule has 0 spiro atoms. The zero-order valence-electron chi connectivity index (χ0n) is 7.65. The predicted octanol–water partition coefficient (Wildman–Crippen LogP) is 3.77. The standard InChI is InChI=1S/C9H5BrClF3O2/c10-5-1-2-8(16-9(12,13)14)6(3-5)7(15)4-11/h1-3H,4H2. The van der Waals surface area contributed by atoms with Gasteiger partial charge in [0.05, 0.1) is 11.4 Å². The van der Waals surface area contributed by atoms with Crippen LogP contribution in [0.15, 0.2) is 22.7 Å². The Morgan fingerprint density at radius 3 is 2.56 bits per heavy atom. The number of alkyl halides is 4. The molecule has 88 valence electrons. The van der Waals surface area contributed by atoms with Crippen molar-refractivity contribution in [3.8, 4) is 5.75 Å². The molecular formula is C9H5BrClF3O2. The van der Waals surface area contributed by atoms with Gasteiger partial charge in [0.25, 0.3) is 0 Å². The van der Waals surface area contributed by atoms with E-state index in [4.69, 9.17) is 11.6 Å². The molecule has 1 aromatic carbocycles. The van der Waals surface area contributed by atoms with Crippen LogP contribution in [0, 0.1) is 0 Å². The highest BCUT2D eigenvalue weighted by molar-refractivity contribution is 9.10. The van der Waals surface area contributed by atoms with Crippen LogP contribution in [0.5, 0.6) is 5.75 Å². The molecule has 0 bridgehead atoms. The molecule has 0 atom stereocenters. The van der Waals surface area contributed by atoms with Crippen LogP contribution in [-0.4, -0.2) is 18.0 Å². The van der Waals surface area contributed by atoms with E-state index in [9.17, 15) is 18.0 Å². The van der Waals surface area contributed by atoms with E-state index in [2.05, 4.69) is 20.7 Å².